The van der Waals surface area contributed by atoms with Crippen LogP contribution in [0.25, 0.3) is 0 Å². The second-order valence-corrected chi connectivity index (χ2v) is 6.60. The topological polar surface area (TPSA) is 18.5 Å². The molecule has 3 unspecified atom stereocenters. The van der Waals surface area contributed by atoms with Gasteiger partial charge in [-0.05, 0) is 49.9 Å². The van der Waals surface area contributed by atoms with Gasteiger partial charge in [0.05, 0.1) is 0 Å². The lowest BCUT2D eigenvalue weighted by Crippen LogP contribution is -2.33. The first-order valence-electron chi connectivity index (χ1n) is 8.15. The first-order chi connectivity index (χ1) is 8.92. The van der Waals surface area contributed by atoms with Gasteiger partial charge in [0.15, 0.2) is 6.29 Å². The van der Waals surface area contributed by atoms with Crippen LogP contribution in [0.15, 0.2) is 0 Å². The Hall–Kier alpha value is -0.0800. The highest BCUT2D eigenvalue weighted by atomic mass is 16.7. The molecule has 3 fully saturated rings. The van der Waals surface area contributed by atoms with E-state index in [1.54, 1.807) is 0 Å². The first-order valence-corrected chi connectivity index (χ1v) is 8.15. The summed E-state index contributed by atoms with van der Waals surface area (Å²) < 4.78 is 11.8. The van der Waals surface area contributed by atoms with Crippen LogP contribution in [-0.4, -0.2) is 19.5 Å². The van der Waals surface area contributed by atoms with Gasteiger partial charge >= 0.3 is 0 Å². The molecule has 0 N–H and O–H groups in total. The summed E-state index contributed by atoms with van der Waals surface area (Å²) in [6, 6.07) is 0. The van der Waals surface area contributed by atoms with Crippen molar-refractivity contribution >= 4 is 0 Å². The average molecular weight is 252 g/mol. The van der Waals surface area contributed by atoms with Gasteiger partial charge in [0, 0.05) is 19.6 Å². The predicted molar refractivity (Wildman–Crippen MR) is 72.3 cm³/mol. The van der Waals surface area contributed by atoms with Crippen LogP contribution in [0.5, 0.6) is 0 Å². The Morgan fingerprint density at radius 3 is 2.44 bits per heavy atom. The molecule has 2 heteroatoms. The van der Waals surface area contributed by atoms with Gasteiger partial charge in [-0.2, -0.15) is 0 Å². The van der Waals surface area contributed by atoms with E-state index in [1.807, 2.05) is 0 Å². The lowest BCUT2D eigenvalue weighted by molar-refractivity contribution is -0.166. The van der Waals surface area contributed by atoms with Crippen LogP contribution in [0.3, 0.4) is 0 Å². The molecule has 3 rings (SSSR count). The molecule has 0 aromatic carbocycles. The average Bonchev–Trinajstić information content (AvgIpc) is 2.36. The Bertz CT molecular complexity index is 245. The Morgan fingerprint density at radius 1 is 0.778 bits per heavy atom. The molecule has 0 radical (unpaired) electrons. The van der Waals surface area contributed by atoms with Crippen LogP contribution in [0.2, 0.25) is 0 Å². The van der Waals surface area contributed by atoms with E-state index in [0.717, 1.165) is 37.4 Å². The Morgan fingerprint density at radius 2 is 1.61 bits per heavy atom. The van der Waals surface area contributed by atoms with Gasteiger partial charge in [-0.1, -0.05) is 25.7 Å². The molecule has 1 saturated heterocycles. The molecular formula is C16H28O2. The van der Waals surface area contributed by atoms with Crippen molar-refractivity contribution in [1.29, 1.82) is 0 Å². The third-order valence-electron chi connectivity index (χ3n) is 5.33. The molecule has 2 saturated carbocycles. The summed E-state index contributed by atoms with van der Waals surface area (Å²) >= 11 is 0. The van der Waals surface area contributed by atoms with Gasteiger partial charge in [-0.3, -0.25) is 0 Å². The zero-order valence-electron chi connectivity index (χ0n) is 11.6. The summed E-state index contributed by atoms with van der Waals surface area (Å²) in [5, 5.41) is 0. The minimum Gasteiger partial charge on any atom is -0.353 e. The standard InChI is InChI=1S/C16H28O2/c1-2-9-17-16(18-10-3-1)12-15-8-7-13-5-4-6-14(15)11-13/h13-16H,1-12H2. The Balaban J connectivity index is 1.51. The minimum absolute atomic E-state index is 0.105. The second kappa shape index (κ2) is 6.38. The van der Waals surface area contributed by atoms with E-state index in [2.05, 4.69) is 0 Å². The molecule has 0 spiro atoms. The number of hydrogen-bond acceptors (Lipinski definition) is 2. The minimum atomic E-state index is 0.105. The maximum atomic E-state index is 5.90. The predicted octanol–water partition coefficient (Wildman–Crippen LogP) is 4.14. The molecule has 0 amide bonds. The third-order valence-corrected chi connectivity index (χ3v) is 5.33. The molecule has 2 aliphatic carbocycles. The van der Waals surface area contributed by atoms with E-state index < -0.39 is 0 Å². The van der Waals surface area contributed by atoms with Crippen LogP contribution in [0.1, 0.15) is 64.2 Å². The van der Waals surface area contributed by atoms with Crippen LogP contribution in [0, 0.1) is 17.8 Å². The molecular weight excluding hydrogens is 224 g/mol. The van der Waals surface area contributed by atoms with Crippen molar-refractivity contribution in [1.82, 2.24) is 0 Å². The van der Waals surface area contributed by atoms with Crippen molar-refractivity contribution in [2.24, 2.45) is 17.8 Å². The molecule has 1 aliphatic heterocycles. The molecule has 0 aromatic rings. The quantitative estimate of drug-likeness (QED) is 0.735. The summed E-state index contributed by atoms with van der Waals surface area (Å²) in [5.41, 5.74) is 0. The zero-order chi connectivity index (χ0) is 12.2. The molecule has 0 aromatic heterocycles. The molecule has 3 aliphatic rings. The summed E-state index contributed by atoms with van der Waals surface area (Å²) in [7, 11) is 0. The van der Waals surface area contributed by atoms with Crippen molar-refractivity contribution < 1.29 is 9.47 Å². The van der Waals surface area contributed by atoms with Gasteiger partial charge < -0.3 is 9.47 Å². The number of hydrogen-bond donors (Lipinski definition) is 0. The van der Waals surface area contributed by atoms with E-state index in [-0.39, 0.29) is 6.29 Å². The number of rotatable bonds is 2. The monoisotopic (exact) mass is 252 g/mol. The molecule has 2 nitrogen and oxygen atoms in total. The van der Waals surface area contributed by atoms with Gasteiger partial charge in [0.1, 0.15) is 0 Å². The van der Waals surface area contributed by atoms with E-state index in [9.17, 15) is 0 Å². The van der Waals surface area contributed by atoms with Crippen LogP contribution in [0.4, 0.5) is 0 Å². The maximum absolute atomic E-state index is 5.90. The van der Waals surface area contributed by atoms with Gasteiger partial charge in [-0.15, -0.1) is 0 Å². The van der Waals surface area contributed by atoms with E-state index in [4.69, 9.17) is 9.47 Å². The van der Waals surface area contributed by atoms with Crippen LogP contribution >= 0.6 is 0 Å². The van der Waals surface area contributed by atoms with E-state index >= 15 is 0 Å². The first kappa shape index (κ1) is 12.9. The SMILES string of the molecule is C1CCOC(CC2CCC3CCCC2C3)OCC1. The fourth-order valence-corrected chi connectivity index (χ4v) is 4.26. The zero-order valence-corrected chi connectivity index (χ0v) is 11.6. The van der Waals surface area contributed by atoms with Gasteiger partial charge in [-0.25, -0.2) is 0 Å². The number of fused-ring (bicyclic) bond motifs is 2. The fraction of sp³-hybridized carbons (Fsp3) is 1.00. The van der Waals surface area contributed by atoms with Gasteiger partial charge in [0.25, 0.3) is 0 Å². The van der Waals surface area contributed by atoms with Crippen molar-refractivity contribution in [2.75, 3.05) is 13.2 Å². The summed E-state index contributed by atoms with van der Waals surface area (Å²) in [5.74, 6) is 2.92. The Labute approximate surface area is 111 Å². The molecule has 3 atom stereocenters. The van der Waals surface area contributed by atoms with Crippen molar-refractivity contribution in [2.45, 2.75) is 70.5 Å². The highest BCUT2D eigenvalue weighted by Crippen LogP contribution is 2.45. The fourth-order valence-electron chi connectivity index (χ4n) is 4.26. The maximum Gasteiger partial charge on any atom is 0.157 e. The summed E-state index contributed by atoms with van der Waals surface area (Å²) in [6.45, 7) is 1.81. The van der Waals surface area contributed by atoms with Crippen molar-refractivity contribution in [3.05, 3.63) is 0 Å². The van der Waals surface area contributed by atoms with Crippen LogP contribution in [-0.2, 0) is 9.47 Å². The third kappa shape index (κ3) is 3.27. The Kier molecular flexibility index (Phi) is 4.58. The lowest BCUT2D eigenvalue weighted by atomic mass is 9.66. The molecule has 2 bridgehead atoms. The second-order valence-electron chi connectivity index (χ2n) is 6.60. The highest BCUT2D eigenvalue weighted by Gasteiger charge is 2.34. The van der Waals surface area contributed by atoms with Crippen molar-refractivity contribution in [3.63, 3.8) is 0 Å². The smallest absolute Gasteiger partial charge is 0.157 e. The summed E-state index contributed by atoms with van der Waals surface area (Å²) in [6.07, 6.45) is 13.8. The van der Waals surface area contributed by atoms with Crippen molar-refractivity contribution in [3.8, 4) is 0 Å². The molecule has 18 heavy (non-hydrogen) atoms. The number of ether oxygens (including phenoxy) is 2. The lowest BCUT2D eigenvalue weighted by Gasteiger charge is -2.41. The van der Waals surface area contributed by atoms with Crippen LogP contribution < -0.4 is 0 Å². The normalized spacial score (nSPS) is 39.0. The largest absolute Gasteiger partial charge is 0.353 e. The van der Waals surface area contributed by atoms with E-state index in [0.29, 0.717) is 0 Å². The molecule has 104 valence electrons. The van der Waals surface area contributed by atoms with E-state index in [1.165, 1.54) is 57.8 Å². The van der Waals surface area contributed by atoms with Gasteiger partial charge in [0.2, 0.25) is 0 Å². The molecule has 1 heterocycles. The highest BCUT2D eigenvalue weighted by molar-refractivity contribution is 4.84. The summed E-state index contributed by atoms with van der Waals surface area (Å²) in [4.78, 5) is 0.